The first kappa shape index (κ1) is 17.1. The summed E-state index contributed by atoms with van der Waals surface area (Å²) >= 11 is 0. The van der Waals surface area contributed by atoms with Crippen LogP contribution < -0.4 is 10.6 Å². The zero-order chi connectivity index (χ0) is 18.5. The number of nitrogens with zero attached hydrogens (tertiary/aromatic N) is 4. The van der Waals surface area contributed by atoms with Gasteiger partial charge in [-0.2, -0.15) is 5.10 Å². The van der Waals surface area contributed by atoms with Gasteiger partial charge < -0.3 is 10.6 Å². The number of hydrogen-bond acceptors (Lipinski definition) is 5. The second-order valence-corrected chi connectivity index (χ2v) is 6.08. The molecule has 6 nitrogen and oxygen atoms in total. The van der Waals surface area contributed by atoms with Gasteiger partial charge in [0.15, 0.2) is 5.65 Å². The van der Waals surface area contributed by atoms with Gasteiger partial charge in [-0.1, -0.05) is 30.3 Å². The molecule has 0 amide bonds. The van der Waals surface area contributed by atoms with Gasteiger partial charge in [0.25, 0.3) is 0 Å². The normalized spacial score (nSPS) is 11.0. The van der Waals surface area contributed by atoms with E-state index in [1.807, 2.05) is 30.3 Å². The third-order valence-corrected chi connectivity index (χ3v) is 4.20. The number of aromatic nitrogens is 4. The molecule has 0 atom stereocenters. The van der Waals surface area contributed by atoms with E-state index in [2.05, 4.69) is 25.7 Å². The van der Waals surface area contributed by atoms with E-state index in [0.717, 1.165) is 34.6 Å². The fraction of sp³-hybridized carbons (Fsp3) is 0.150. The highest BCUT2D eigenvalue weighted by atomic mass is 19.1. The third kappa shape index (κ3) is 3.93. The lowest BCUT2D eigenvalue weighted by Crippen LogP contribution is -2.22. The molecule has 0 fully saturated rings. The highest BCUT2D eigenvalue weighted by Gasteiger charge is 2.10. The predicted octanol–water partition coefficient (Wildman–Crippen LogP) is 3.16. The van der Waals surface area contributed by atoms with Gasteiger partial charge >= 0.3 is 0 Å². The molecule has 0 unspecified atom stereocenters. The van der Waals surface area contributed by atoms with Gasteiger partial charge in [0.2, 0.25) is 0 Å². The maximum atomic E-state index is 12.9. The molecule has 27 heavy (non-hydrogen) atoms. The molecule has 2 aromatic heterocycles. The van der Waals surface area contributed by atoms with Crippen molar-refractivity contribution in [2.24, 2.45) is 0 Å². The van der Waals surface area contributed by atoms with Crippen LogP contribution in [0.2, 0.25) is 0 Å². The molecule has 0 aliphatic rings. The Bertz CT molecular complexity index is 1010. The van der Waals surface area contributed by atoms with E-state index in [9.17, 15) is 4.39 Å². The molecular weight excluding hydrogens is 343 g/mol. The zero-order valence-corrected chi connectivity index (χ0v) is 14.6. The Kier molecular flexibility index (Phi) is 5.02. The van der Waals surface area contributed by atoms with E-state index in [0.29, 0.717) is 13.1 Å². The summed E-state index contributed by atoms with van der Waals surface area (Å²) in [6.07, 6.45) is 3.31. The largest absolute Gasteiger partial charge is 0.368 e. The van der Waals surface area contributed by atoms with Crippen LogP contribution >= 0.6 is 0 Å². The van der Waals surface area contributed by atoms with Crippen molar-refractivity contribution in [3.8, 4) is 5.69 Å². The molecule has 7 heteroatoms. The molecule has 0 saturated carbocycles. The molecule has 0 radical (unpaired) electrons. The molecule has 2 N–H and O–H groups in total. The quantitative estimate of drug-likeness (QED) is 0.494. The standard InChI is InChI=1S/C20H19FN6/c21-16-8-6-15(7-9-16)12-22-10-11-23-19-18-13-26-27(20(18)25-14-24-19)17-4-2-1-3-5-17/h1-9,13-14,22H,10-12H2,(H,23,24,25). The number of nitrogens with one attached hydrogen (secondary N) is 2. The summed E-state index contributed by atoms with van der Waals surface area (Å²) in [6, 6.07) is 16.4. The van der Waals surface area contributed by atoms with Crippen molar-refractivity contribution in [2.75, 3.05) is 18.4 Å². The molecule has 4 aromatic rings. The summed E-state index contributed by atoms with van der Waals surface area (Å²) in [5.74, 6) is 0.537. The molecule has 0 saturated heterocycles. The average molecular weight is 362 g/mol. The Hall–Kier alpha value is -3.32. The molecule has 136 valence electrons. The van der Waals surface area contributed by atoms with E-state index in [-0.39, 0.29) is 5.82 Å². The highest BCUT2D eigenvalue weighted by molar-refractivity contribution is 5.87. The Morgan fingerprint density at radius 1 is 0.926 bits per heavy atom. The zero-order valence-electron chi connectivity index (χ0n) is 14.6. The van der Waals surface area contributed by atoms with Gasteiger partial charge in [-0.15, -0.1) is 0 Å². The number of hydrogen-bond donors (Lipinski definition) is 2. The molecule has 0 aliphatic heterocycles. The van der Waals surface area contributed by atoms with Crippen molar-refractivity contribution in [1.29, 1.82) is 0 Å². The summed E-state index contributed by atoms with van der Waals surface area (Å²) in [7, 11) is 0. The summed E-state index contributed by atoms with van der Waals surface area (Å²) in [5.41, 5.74) is 2.76. The van der Waals surface area contributed by atoms with Crippen molar-refractivity contribution >= 4 is 16.9 Å². The molecule has 4 rings (SSSR count). The molecule has 0 aliphatic carbocycles. The number of fused-ring (bicyclic) bond motifs is 1. The minimum atomic E-state index is -0.218. The number of rotatable bonds is 7. The van der Waals surface area contributed by atoms with Crippen molar-refractivity contribution in [3.05, 3.63) is 78.5 Å². The van der Waals surface area contributed by atoms with E-state index < -0.39 is 0 Å². The Labute approximate surface area is 156 Å². The van der Waals surface area contributed by atoms with E-state index in [1.165, 1.54) is 18.5 Å². The first-order valence-electron chi connectivity index (χ1n) is 8.74. The number of halogens is 1. The summed E-state index contributed by atoms with van der Waals surface area (Å²) in [5, 5.41) is 12.0. The number of para-hydroxylation sites is 1. The SMILES string of the molecule is Fc1ccc(CNCCNc2ncnc3c2cnn3-c2ccccc2)cc1. The molecule has 0 spiro atoms. The van der Waals surface area contributed by atoms with Crippen LogP contribution in [-0.2, 0) is 6.54 Å². The van der Waals surface area contributed by atoms with E-state index in [1.54, 1.807) is 23.0 Å². The topological polar surface area (TPSA) is 67.7 Å². The molecular formula is C20H19FN6. The lowest BCUT2D eigenvalue weighted by atomic mass is 10.2. The van der Waals surface area contributed by atoms with Crippen LogP contribution in [0.5, 0.6) is 0 Å². The Balaban J connectivity index is 1.38. The minimum absolute atomic E-state index is 0.218. The highest BCUT2D eigenvalue weighted by Crippen LogP contribution is 2.21. The van der Waals surface area contributed by atoms with E-state index >= 15 is 0 Å². The first-order valence-corrected chi connectivity index (χ1v) is 8.74. The van der Waals surface area contributed by atoms with Crippen LogP contribution in [0, 0.1) is 5.82 Å². The molecule has 2 heterocycles. The van der Waals surface area contributed by atoms with Crippen LogP contribution in [0.15, 0.2) is 67.1 Å². The van der Waals surface area contributed by atoms with E-state index in [4.69, 9.17) is 0 Å². The van der Waals surface area contributed by atoms with Gasteiger partial charge in [-0.05, 0) is 29.8 Å². The monoisotopic (exact) mass is 362 g/mol. The lowest BCUT2D eigenvalue weighted by Gasteiger charge is -2.08. The number of anilines is 1. The Morgan fingerprint density at radius 3 is 2.56 bits per heavy atom. The molecule has 0 bridgehead atoms. The van der Waals surface area contributed by atoms with Crippen molar-refractivity contribution in [3.63, 3.8) is 0 Å². The fourth-order valence-electron chi connectivity index (χ4n) is 2.85. The second-order valence-electron chi connectivity index (χ2n) is 6.08. The van der Waals surface area contributed by atoms with Gasteiger partial charge in [0, 0.05) is 19.6 Å². The summed E-state index contributed by atoms with van der Waals surface area (Å²) in [4.78, 5) is 8.71. The second kappa shape index (κ2) is 7.92. The minimum Gasteiger partial charge on any atom is -0.368 e. The Morgan fingerprint density at radius 2 is 1.74 bits per heavy atom. The lowest BCUT2D eigenvalue weighted by molar-refractivity contribution is 0.625. The van der Waals surface area contributed by atoms with Crippen LogP contribution in [-0.4, -0.2) is 32.8 Å². The maximum absolute atomic E-state index is 12.9. The number of benzene rings is 2. The van der Waals surface area contributed by atoms with Gasteiger partial charge in [0.05, 0.1) is 17.3 Å². The van der Waals surface area contributed by atoms with Crippen molar-refractivity contribution in [1.82, 2.24) is 25.1 Å². The van der Waals surface area contributed by atoms with Crippen LogP contribution in [0.1, 0.15) is 5.56 Å². The van der Waals surface area contributed by atoms with Crippen molar-refractivity contribution in [2.45, 2.75) is 6.54 Å². The summed E-state index contributed by atoms with van der Waals surface area (Å²) < 4.78 is 14.7. The van der Waals surface area contributed by atoms with Gasteiger partial charge in [-0.25, -0.2) is 19.0 Å². The van der Waals surface area contributed by atoms with Crippen LogP contribution in [0.4, 0.5) is 10.2 Å². The van der Waals surface area contributed by atoms with Gasteiger partial charge in [-0.3, -0.25) is 0 Å². The van der Waals surface area contributed by atoms with Crippen LogP contribution in [0.25, 0.3) is 16.7 Å². The fourth-order valence-corrected chi connectivity index (χ4v) is 2.85. The van der Waals surface area contributed by atoms with Crippen LogP contribution in [0.3, 0.4) is 0 Å². The maximum Gasteiger partial charge on any atom is 0.168 e. The average Bonchev–Trinajstić information content (AvgIpc) is 3.15. The van der Waals surface area contributed by atoms with Crippen molar-refractivity contribution < 1.29 is 4.39 Å². The third-order valence-electron chi connectivity index (χ3n) is 4.20. The predicted molar refractivity (Wildman–Crippen MR) is 103 cm³/mol. The summed E-state index contributed by atoms with van der Waals surface area (Å²) in [6.45, 7) is 2.13. The smallest absolute Gasteiger partial charge is 0.168 e. The molecule has 2 aromatic carbocycles. The van der Waals surface area contributed by atoms with Gasteiger partial charge in [0.1, 0.15) is 18.0 Å². The first-order chi connectivity index (χ1) is 13.3.